The van der Waals surface area contributed by atoms with Crippen LogP contribution < -0.4 is 5.73 Å². The predicted octanol–water partition coefficient (Wildman–Crippen LogP) is 3.87. The molecule has 0 spiro atoms. The highest BCUT2D eigenvalue weighted by Gasteiger charge is 2.23. The third-order valence-electron chi connectivity index (χ3n) is 3.82. The number of halogens is 2. The summed E-state index contributed by atoms with van der Waals surface area (Å²) in [5, 5.41) is 0. The summed E-state index contributed by atoms with van der Waals surface area (Å²) in [6.07, 6.45) is 3.12. The zero-order valence-corrected chi connectivity index (χ0v) is 12.7. The molecule has 0 aromatic heterocycles. The van der Waals surface area contributed by atoms with Gasteiger partial charge >= 0.3 is 0 Å². The third-order valence-corrected chi connectivity index (χ3v) is 3.82. The van der Waals surface area contributed by atoms with E-state index < -0.39 is 11.6 Å². The Bertz CT molecular complexity index is 389. The van der Waals surface area contributed by atoms with Gasteiger partial charge in [-0.3, -0.25) is 4.90 Å². The SMILES string of the molecule is CCCCN(C(C)CC)C(CN)c1cc(F)cc(F)c1. The van der Waals surface area contributed by atoms with Crippen molar-refractivity contribution in [2.75, 3.05) is 13.1 Å². The van der Waals surface area contributed by atoms with E-state index in [2.05, 4.69) is 25.7 Å². The molecule has 4 heteroatoms. The first-order valence-electron chi connectivity index (χ1n) is 7.45. The van der Waals surface area contributed by atoms with Crippen molar-refractivity contribution in [3.8, 4) is 0 Å². The molecule has 0 aliphatic heterocycles. The van der Waals surface area contributed by atoms with E-state index >= 15 is 0 Å². The van der Waals surface area contributed by atoms with Gasteiger partial charge in [0.25, 0.3) is 0 Å². The second kappa shape index (κ2) is 8.32. The quantitative estimate of drug-likeness (QED) is 0.785. The van der Waals surface area contributed by atoms with Crippen LogP contribution in [0.5, 0.6) is 0 Å². The molecule has 20 heavy (non-hydrogen) atoms. The van der Waals surface area contributed by atoms with Crippen LogP contribution in [-0.4, -0.2) is 24.0 Å². The summed E-state index contributed by atoms with van der Waals surface area (Å²) in [5.41, 5.74) is 6.51. The van der Waals surface area contributed by atoms with Crippen molar-refractivity contribution in [2.24, 2.45) is 5.73 Å². The second-order valence-electron chi connectivity index (χ2n) is 5.30. The zero-order chi connectivity index (χ0) is 15.1. The lowest BCUT2D eigenvalue weighted by molar-refractivity contribution is 0.140. The first kappa shape index (κ1) is 17.1. The fourth-order valence-electron chi connectivity index (χ4n) is 2.49. The van der Waals surface area contributed by atoms with Crippen molar-refractivity contribution < 1.29 is 8.78 Å². The molecule has 2 atom stereocenters. The number of unbranched alkanes of at least 4 members (excludes halogenated alkanes) is 1. The van der Waals surface area contributed by atoms with Crippen LogP contribution in [0.25, 0.3) is 0 Å². The Morgan fingerprint density at radius 1 is 1.15 bits per heavy atom. The molecule has 0 heterocycles. The lowest BCUT2D eigenvalue weighted by Crippen LogP contribution is -2.40. The van der Waals surface area contributed by atoms with Gasteiger partial charge in [-0.1, -0.05) is 20.3 Å². The van der Waals surface area contributed by atoms with Gasteiger partial charge in [0, 0.05) is 24.7 Å². The van der Waals surface area contributed by atoms with E-state index in [9.17, 15) is 8.78 Å². The Morgan fingerprint density at radius 2 is 1.75 bits per heavy atom. The van der Waals surface area contributed by atoms with Crippen molar-refractivity contribution >= 4 is 0 Å². The summed E-state index contributed by atoms with van der Waals surface area (Å²) < 4.78 is 26.8. The Kier molecular flexibility index (Phi) is 7.10. The smallest absolute Gasteiger partial charge is 0.126 e. The van der Waals surface area contributed by atoms with Gasteiger partial charge < -0.3 is 5.73 Å². The molecular formula is C16H26F2N2. The first-order valence-corrected chi connectivity index (χ1v) is 7.45. The highest BCUT2D eigenvalue weighted by atomic mass is 19.1. The Balaban J connectivity index is 3.04. The molecule has 2 unspecified atom stereocenters. The summed E-state index contributed by atoms with van der Waals surface area (Å²) >= 11 is 0. The summed E-state index contributed by atoms with van der Waals surface area (Å²) in [7, 11) is 0. The number of nitrogens with two attached hydrogens (primary N) is 1. The fourth-order valence-corrected chi connectivity index (χ4v) is 2.49. The van der Waals surface area contributed by atoms with Gasteiger partial charge in [0.15, 0.2) is 0 Å². The van der Waals surface area contributed by atoms with Crippen LogP contribution in [0.4, 0.5) is 8.78 Å². The van der Waals surface area contributed by atoms with Crippen molar-refractivity contribution in [2.45, 2.75) is 52.1 Å². The van der Waals surface area contributed by atoms with E-state index in [1.807, 2.05) is 0 Å². The van der Waals surface area contributed by atoms with Gasteiger partial charge in [0.05, 0.1) is 0 Å². The maximum Gasteiger partial charge on any atom is 0.126 e. The molecule has 0 radical (unpaired) electrons. The molecule has 2 N–H and O–H groups in total. The average molecular weight is 284 g/mol. The molecule has 0 bridgehead atoms. The van der Waals surface area contributed by atoms with Crippen molar-refractivity contribution in [1.82, 2.24) is 4.90 Å². The van der Waals surface area contributed by atoms with E-state index in [1.54, 1.807) is 0 Å². The minimum absolute atomic E-state index is 0.137. The van der Waals surface area contributed by atoms with Gasteiger partial charge in [-0.25, -0.2) is 8.78 Å². The molecule has 1 aromatic rings. The summed E-state index contributed by atoms with van der Waals surface area (Å²) in [4.78, 5) is 2.26. The van der Waals surface area contributed by atoms with E-state index in [-0.39, 0.29) is 6.04 Å². The topological polar surface area (TPSA) is 29.3 Å². The normalized spacial score (nSPS) is 14.6. The largest absolute Gasteiger partial charge is 0.329 e. The van der Waals surface area contributed by atoms with Gasteiger partial charge in [-0.15, -0.1) is 0 Å². The van der Waals surface area contributed by atoms with Gasteiger partial charge in [0.1, 0.15) is 11.6 Å². The highest BCUT2D eigenvalue weighted by Crippen LogP contribution is 2.25. The number of benzene rings is 1. The van der Waals surface area contributed by atoms with Crippen LogP contribution in [0.3, 0.4) is 0 Å². The van der Waals surface area contributed by atoms with Gasteiger partial charge in [0.2, 0.25) is 0 Å². The summed E-state index contributed by atoms with van der Waals surface area (Å²) in [5.74, 6) is -1.09. The van der Waals surface area contributed by atoms with Crippen LogP contribution in [0.2, 0.25) is 0 Å². The lowest BCUT2D eigenvalue weighted by Gasteiger charge is -2.36. The van der Waals surface area contributed by atoms with Crippen molar-refractivity contribution in [1.29, 1.82) is 0 Å². The van der Waals surface area contributed by atoms with Gasteiger partial charge in [-0.2, -0.15) is 0 Å². The number of hydrogen-bond acceptors (Lipinski definition) is 2. The Morgan fingerprint density at radius 3 is 2.20 bits per heavy atom. The fraction of sp³-hybridized carbons (Fsp3) is 0.625. The third kappa shape index (κ3) is 4.53. The van der Waals surface area contributed by atoms with Crippen LogP contribution in [0, 0.1) is 11.6 Å². The van der Waals surface area contributed by atoms with Crippen LogP contribution in [0.1, 0.15) is 51.6 Å². The zero-order valence-electron chi connectivity index (χ0n) is 12.7. The van der Waals surface area contributed by atoms with Crippen LogP contribution in [0.15, 0.2) is 18.2 Å². The predicted molar refractivity (Wildman–Crippen MR) is 79.5 cm³/mol. The minimum atomic E-state index is -0.543. The minimum Gasteiger partial charge on any atom is -0.329 e. The molecule has 0 amide bonds. The van der Waals surface area contributed by atoms with Crippen molar-refractivity contribution in [3.05, 3.63) is 35.4 Å². The number of hydrogen-bond donors (Lipinski definition) is 1. The standard InChI is InChI=1S/C16H26F2N2/c1-4-6-7-20(12(3)5-2)16(11-19)13-8-14(17)10-15(18)9-13/h8-10,12,16H,4-7,11,19H2,1-3H3. The van der Waals surface area contributed by atoms with E-state index in [0.29, 0.717) is 18.2 Å². The van der Waals surface area contributed by atoms with E-state index in [1.165, 1.54) is 12.1 Å². The molecule has 0 aliphatic carbocycles. The second-order valence-corrected chi connectivity index (χ2v) is 5.30. The lowest BCUT2D eigenvalue weighted by atomic mass is 10.0. The molecule has 1 aromatic carbocycles. The first-order chi connectivity index (χ1) is 9.53. The molecule has 0 saturated heterocycles. The molecule has 2 nitrogen and oxygen atoms in total. The maximum absolute atomic E-state index is 13.4. The van der Waals surface area contributed by atoms with E-state index in [0.717, 1.165) is 31.9 Å². The molecule has 0 saturated carbocycles. The molecule has 1 rings (SSSR count). The average Bonchev–Trinajstić information content (AvgIpc) is 2.41. The van der Waals surface area contributed by atoms with Crippen LogP contribution in [-0.2, 0) is 0 Å². The van der Waals surface area contributed by atoms with E-state index in [4.69, 9.17) is 5.73 Å². The summed E-state index contributed by atoms with van der Waals surface area (Å²) in [6, 6.07) is 3.88. The van der Waals surface area contributed by atoms with Crippen LogP contribution >= 0.6 is 0 Å². The maximum atomic E-state index is 13.4. The summed E-state index contributed by atoms with van der Waals surface area (Å²) in [6.45, 7) is 7.63. The van der Waals surface area contributed by atoms with Gasteiger partial charge in [-0.05, 0) is 44.0 Å². The molecule has 0 fully saturated rings. The highest BCUT2D eigenvalue weighted by molar-refractivity contribution is 5.22. The monoisotopic (exact) mass is 284 g/mol. The molecular weight excluding hydrogens is 258 g/mol. The number of rotatable bonds is 8. The van der Waals surface area contributed by atoms with Crippen molar-refractivity contribution in [3.63, 3.8) is 0 Å². The number of nitrogens with zero attached hydrogens (tertiary/aromatic N) is 1. The molecule has 0 aliphatic rings. The Labute approximate surface area is 121 Å². The Hall–Kier alpha value is -1.00. The molecule has 114 valence electrons.